The van der Waals surface area contributed by atoms with E-state index in [-0.39, 0.29) is 11.9 Å². The summed E-state index contributed by atoms with van der Waals surface area (Å²) in [4.78, 5) is 12.6. The molecule has 0 aromatic heterocycles. The van der Waals surface area contributed by atoms with E-state index >= 15 is 0 Å². The molecule has 1 atom stereocenters. The number of hydrogen-bond acceptors (Lipinski definition) is 1. The standard InChI is InChI=1S/C20H22BrNO/c1-2-19(22-20(23)17-9-5-6-10-18(17)21)16-12-11-14-7-3-4-8-15(14)13-16/h5-6,9-13,19H,2-4,7-8H2,1H3,(H,22,23)/t19-/m1/s1. The minimum atomic E-state index is -0.0259. The van der Waals surface area contributed by atoms with E-state index in [1.165, 1.54) is 36.0 Å². The maximum atomic E-state index is 12.6. The van der Waals surface area contributed by atoms with Crippen molar-refractivity contribution in [2.75, 3.05) is 0 Å². The normalized spacial score (nSPS) is 14.9. The van der Waals surface area contributed by atoms with Crippen LogP contribution in [0.3, 0.4) is 0 Å². The van der Waals surface area contributed by atoms with Crippen LogP contribution in [0.5, 0.6) is 0 Å². The van der Waals surface area contributed by atoms with Crippen molar-refractivity contribution in [3.63, 3.8) is 0 Å². The molecule has 0 aliphatic heterocycles. The molecule has 0 bridgehead atoms. The Morgan fingerprint density at radius 3 is 2.61 bits per heavy atom. The monoisotopic (exact) mass is 371 g/mol. The quantitative estimate of drug-likeness (QED) is 0.784. The fourth-order valence-corrected chi connectivity index (χ4v) is 3.74. The van der Waals surface area contributed by atoms with E-state index in [0.29, 0.717) is 5.56 Å². The number of halogens is 1. The molecular weight excluding hydrogens is 350 g/mol. The van der Waals surface area contributed by atoms with Gasteiger partial charge in [-0.05, 0) is 76.9 Å². The van der Waals surface area contributed by atoms with Gasteiger partial charge in [0, 0.05) is 4.47 Å². The van der Waals surface area contributed by atoms with Crippen molar-refractivity contribution in [2.24, 2.45) is 0 Å². The summed E-state index contributed by atoms with van der Waals surface area (Å²) in [6.45, 7) is 2.12. The molecule has 3 rings (SSSR count). The zero-order chi connectivity index (χ0) is 16.2. The van der Waals surface area contributed by atoms with Gasteiger partial charge in [0.1, 0.15) is 0 Å². The minimum Gasteiger partial charge on any atom is -0.345 e. The van der Waals surface area contributed by atoms with Gasteiger partial charge in [-0.15, -0.1) is 0 Å². The molecule has 1 N–H and O–H groups in total. The van der Waals surface area contributed by atoms with E-state index in [2.05, 4.69) is 46.4 Å². The lowest BCUT2D eigenvalue weighted by molar-refractivity contribution is 0.0935. The first-order valence-corrected chi connectivity index (χ1v) is 9.15. The molecule has 1 amide bonds. The Kier molecular flexibility index (Phi) is 5.16. The molecule has 2 aromatic carbocycles. The third-order valence-electron chi connectivity index (χ3n) is 4.61. The van der Waals surface area contributed by atoms with Crippen molar-refractivity contribution in [3.8, 4) is 0 Å². The lowest BCUT2D eigenvalue weighted by Gasteiger charge is -2.22. The summed E-state index contributed by atoms with van der Waals surface area (Å²) >= 11 is 3.45. The molecule has 0 radical (unpaired) electrons. The maximum absolute atomic E-state index is 12.6. The fraction of sp³-hybridized carbons (Fsp3) is 0.350. The third-order valence-corrected chi connectivity index (χ3v) is 5.30. The van der Waals surface area contributed by atoms with Gasteiger partial charge >= 0.3 is 0 Å². The Labute approximate surface area is 146 Å². The molecule has 0 heterocycles. The van der Waals surface area contributed by atoms with E-state index < -0.39 is 0 Å². The maximum Gasteiger partial charge on any atom is 0.252 e. The van der Waals surface area contributed by atoms with Gasteiger partial charge in [0.05, 0.1) is 11.6 Å². The lowest BCUT2D eigenvalue weighted by Crippen LogP contribution is -2.28. The second kappa shape index (κ2) is 7.31. The van der Waals surface area contributed by atoms with Crippen LogP contribution < -0.4 is 5.32 Å². The predicted octanol–water partition coefficient (Wildman–Crippen LogP) is 5.21. The molecule has 2 aromatic rings. The zero-order valence-electron chi connectivity index (χ0n) is 13.4. The lowest BCUT2D eigenvalue weighted by atomic mass is 9.88. The highest BCUT2D eigenvalue weighted by Crippen LogP contribution is 2.26. The number of carbonyl (C=O) groups is 1. The van der Waals surface area contributed by atoms with Crippen LogP contribution in [0.15, 0.2) is 46.9 Å². The van der Waals surface area contributed by atoms with Gasteiger partial charge in [0.25, 0.3) is 5.91 Å². The van der Waals surface area contributed by atoms with Crippen molar-refractivity contribution in [1.29, 1.82) is 0 Å². The Balaban J connectivity index is 1.80. The van der Waals surface area contributed by atoms with Crippen molar-refractivity contribution >= 4 is 21.8 Å². The molecule has 2 nitrogen and oxygen atoms in total. The molecule has 120 valence electrons. The SMILES string of the molecule is CC[C@@H](NC(=O)c1ccccc1Br)c1ccc2c(c1)CCCC2. The second-order valence-electron chi connectivity index (χ2n) is 6.15. The average molecular weight is 372 g/mol. The first-order valence-electron chi connectivity index (χ1n) is 8.36. The Bertz CT molecular complexity index is 711. The fourth-order valence-electron chi connectivity index (χ4n) is 3.27. The Morgan fingerprint density at radius 1 is 1.13 bits per heavy atom. The van der Waals surface area contributed by atoms with Gasteiger partial charge < -0.3 is 5.32 Å². The van der Waals surface area contributed by atoms with Crippen LogP contribution in [0.25, 0.3) is 0 Å². The summed E-state index contributed by atoms with van der Waals surface area (Å²) in [6.07, 6.45) is 5.81. The second-order valence-corrected chi connectivity index (χ2v) is 7.00. The average Bonchev–Trinajstić information content (AvgIpc) is 2.59. The van der Waals surface area contributed by atoms with E-state index in [4.69, 9.17) is 0 Å². The van der Waals surface area contributed by atoms with Crippen LogP contribution >= 0.6 is 15.9 Å². The summed E-state index contributed by atoms with van der Waals surface area (Å²) in [7, 11) is 0. The van der Waals surface area contributed by atoms with Gasteiger partial charge in [-0.1, -0.05) is 37.3 Å². The topological polar surface area (TPSA) is 29.1 Å². The number of carbonyl (C=O) groups excluding carboxylic acids is 1. The number of benzene rings is 2. The van der Waals surface area contributed by atoms with Crippen molar-refractivity contribution in [2.45, 2.75) is 45.1 Å². The highest BCUT2D eigenvalue weighted by molar-refractivity contribution is 9.10. The largest absolute Gasteiger partial charge is 0.345 e. The molecule has 3 heteroatoms. The van der Waals surface area contributed by atoms with E-state index in [1.807, 2.05) is 24.3 Å². The van der Waals surface area contributed by atoms with Crippen LogP contribution in [-0.2, 0) is 12.8 Å². The molecule has 1 aliphatic carbocycles. The number of amides is 1. The van der Waals surface area contributed by atoms with Crippen LogP contribution in [0.1, 0.15) is 59.3 Å². The Morgan fingerprint density at radius 2 is 1.87 bits per heavy atom. The van der Waals surface area contributed by atoms with Crippen LogP contribution in [-0.4, -0.2) is 5.91 Å². The number of rotatable bonds is 4. The summed E-state index contributed by atoms with van der Waals surface area (Å²) in [5.41, 5.74) is 4.84. The molecule has 0 saturated carbocycles. The molecule has 0 fully saturated rings. The van der Waals surface area contributed by atoms with Crippen LogP contribution in [0, 0.1) is 0 Å². The molecule has 23 heavy (non-hydrogen) atoms. The van der Waals surface area contributed by atoms with Gasteiger partial charge in [0.15, 0.2) is 0 Å². The number of fused-ring (bicyclic) bond motifs is 1. The summed E-state index contributed by atoms with van der Waals surface area (Å²) < 4.78 is 0.831. The van der Waals surface area contributed by atoms with Crippen molar-refractivity contribution < 1.29 is 4.79 Å². The predicted molar refractivity (Wildman–Crippen MR) is 97.7 cm³/mol. The number of aryl methyl sites for hydroxylation is 2. The molecular formula is C20H22BrNO. The first kappa shape index (κ1) is 16.3. The Hall–Kier alpha value is -1.61. The molecule has 0 saturated heterocycles. The number of nitrogens with one attached hydrogen (secondary N) is 1. The van der Waals surface area contributed by atoms with Gasteiger partial charge in [0.2, 0.25) is 0 Å². The van der Waals surface area contributed by atoms with Gasteiger partial charge in [-0.3, -0.25) is 4.79 Å². The zero-order valence-corrected chi connectivity index (χ0v) is 15.0. The highest BCUT2D eigenvalue weighted by Gasteiger charge is 2.18. The summed E-state index contributed by atoms with van der Waals surface area (Å²) in [5.74, 6) is -0.0259. The number of hydrogen-bond donors (Lipinski definition) is 1. The summed E-state index contributed by atoms with van der Waals surface area (Å²) in [6, 6.07) is 14.3. The first-order chi connectivity index (χ1) is 11.2. The van der Waals surface area contributed by atoms with Gasteiger partial charge in [-0.2, -0.15) is 0 Å². The highest BCUT2D eigenvalue weighted by atomic mass is 79.9. The smallest absolute Gasteiger partial charge is 0.252 e. The molecule has 1 aliphatic rings. The third kappa shape index (κ3) is 3.66. The minimum absolute atomic E-state index is 0.0259. The van der Waals surface area contributed by atoms with E-state index in [9.17, 15) is 4.79 Å². The molecule has 0 spiro atoms. The van der Waals surface area contributed by atoms with Crippen molar-refractivity contribution in [3.05, 3.63) is 69.2 Å². The van der Waals surface area contributed by atoms with E-state index in [1.54, 1.807) is 0 Å². The van der Waals surface area contributed by atoms with Crippen LogP contribution in [0.2, 0.25) is 0 Å². The van der Waals surface area contributed by atoms with Gasteiger partial charge in [-0.25, -0.2) is 0 Å². The molecule has 0 unspecified atom stereocenters. The van der Waals surface area contributed by atoms with Crippen LogP contribution in [0.4, 0.5) is 0 Å². The summed E-state index contributed by atoms with van der Waals surface area (Å²) in [5, 5.41) is 3.18. The van der Waals surface area contributed by atoms with Crippen molar-refractivity contribution in [1.82, 2.24) is 5.32 Å². The van der Waals surface area contributed by atoms with E-state index in [0.717, 1.165) is 17.3 Å².